The minimum atomic E-state index is -0.209. The van der Waals surface area contributed by atoms with Gasteiger partial charge in [0.2, 0.25) is 0 Å². The SMILES string of the molecule is COc1ccc(-c2ccc(NC(=O)c3ccc(C#N)cc3)cc2)cc1CN(C)CCN(C)C. The molecule has 0 aliphatic carbocycles. The fraction of sp³-hybridized carbons (Fsp3) is 0.259. The van der Waals surface area contributed by atoms with Crippen LogP contribution in [0.1, 0.15) is 21.5 Å². The molecular formula is C27H30N4O2. The van der Waals surface area contributed by atoms with E-state index in [1.807, 2.05) is 36.4 Å². The molecule has 1 N–H and O–H groups in total. The van der Waals surface area contributed by atoms with E-state index in [0.29, 0.717) is 16.8 Å². The van der Waals surface area contributed by atoms with E-state index < -0.39 is 0 Å². The van der Waals surface area contributed by atoms with E-state index in [1.165, 1.54) is 0 Å². The Morgan fingerprint density at radius 3 is 2.21 bits per heavy atom. The number of amides is 1. The van der Waals surface area contributed by atoms with Crippen molar-refractivity contribution in [3.8, 4) is 22.9 Å². The summed E-state index contributed by atoms with van der Waals surface area (Å²) >= 11 is 0. The number of carbonyl (C=O) groups is 1. The minimum Gasteiger partial charge on any atom is -0.496 e. The average Bonchev–Trinajstić information content (AvgIpc) is 2.83. The van der Waals surface area contributed by atoms with Gasteiger partial charge in [-0.3, -0.25) is 4.79 Å². The van der Waals surface area contributed by atoms with Crippen molar-refractivity contribution in [3.05, 3.63) is 83.4 Å². The van der Waals surface area contributed by atoms with Crippen LogP contribution in [0.2, 0.25) is 0 Å². The summed E-state index contributed by atoms with van der Waals surface area (Å²) in [7, 11) is 7.96. The van der Waals surface area contributed by atoms with Gasteiger partial charge in [0.15, 0.2) is 0 Å². The van der Waals surface area contributed by atoms with Crippen LogP contribution in [0.3, 0.4) is 0 Å². The van der Waals surface area contributed by atoms with Crippen LogP contribution in [-0.4, -0.2) is 57.0 Å². The van der Waals surface area contributed by atoms with E-state index in [-0.39, 0.29) is 5.91 Å². The number of carbonyl (C=O) groups excluding carboxylic acids is 1. The molecule has 0 bridgehead atoms. The molecule has 0 saturated carbocycles. The topological polar surface area (TPSA) is 68.6 Å². The molecule has 6 nitrogen and oxygen atoms in total. The highest BCUT2D eigenvalue weighted by Crippen LogP contribution is 2.28. The van der Waals surface area contributed by atoms with Gasteiger partial charge in [-0.25, -0.2) is 0 Å². The largest absolute Gasteiger partial charge is 0.496 e. The Morgan fingerprint density at radius 2 is 1.61 bits per heavy atom. The monoisotopic (exact) mass is 442 g/mol. The van der Waals surface area contributed by atoms with E-state index in [4.69, 9.17) is 10.00 Å². The summed E-state index contributed by atoms with van der Waals surface area (Å²) in [6, 6.07) is 22.6. The zero-order valence-electron chi connectivity index (χ0n) is 19.6. The van der Waals surface area contributed by atoms with Gasteiger partial charge in [0, 0.05) is 36.4 Å². The lowest BCUT2D eigenvalue weighted by atomic mass is 10.0. The summed E-state index contributed by atoms with van der Waals surface area (Å²) < 4.78 is 5.58. The molecule has 170 valence electrons. The summed E-state index contributed by atoms with van der Waals surface area (Å²) in [4.78, 5) is 16.9. The molecule has 0 radical (unpaired) electrons. The Bertz CT molecular complexity index is 1120. The first-order chi connectivity index (χ1) is 15.9. The van der Waals surface area contributed by atoms with Crippen LogP contribution in [-0.2, 0) is 6.54 Å². The fourth-order valence-electron chi connectivity index (χ4n) is 3.47. The lowest BCUT2D eigenvalue weighted by molar-refractivity contribution is 0.102. The second kappa shape index (κ2) is 11.3. The molecule has 3 aromatic rings. The molecule has 0 saturated heterocycles. The highest BCUT2D eigenvalue weighted by molar-refractivity contribution is 6.04. The van der Waals surface area contributed by atoms with Gasteiger partial charge < -0.3 is 19.9 Å². The maximum atomic E-state index is 12.5. The van der Waals surface area contributed by atoms with Gasteiger partial charge in [0.25, 0.3) is 5.91 Å². The van der Waals surface area contributed by atoms with Crippen molar-refractivity contribution >= 4 is 11.6 Å². The quantitative estimate of drug-likeness (QED) is 0.529. The summed E-state index contributed by atoms with van der Waals surface area (Å²) in [5, 5.41) is 11.8. The maximum absolute atomic E-state index is 12.5. The lowest BCUT2D eigenvalue weighted by Crippen LogP contribution is -2.28. The van der Waals surface area contributed by atoms with Crippen LogP contribution in [0.4, 0.5) is 5.69 Å². The highest BCUT2D eigenvalue weighted by Gasteiger charge is 2.10. The zero-order valence-corrected chi connectivity index (χ0v) is 19.6. The van der Waals surface area contributed by atoms with Crippen LogP contribution < -0.4 is 10.1 Å². The first kappa shape index (κ1) is 24.0. The summed E-state index contributed by atoms with van der Waals surface area (Å²) in [5.74, 6) is 0.668. The van der Waals surface area contributed by atoms with Gasteiger partial charge in [-0.1, -0.05) is 18.2 Å². The van der Waals surface area contributed by atoms with E-state index in [2.05, 4.69) is 48.4 Å². The Hall–Kier alpha value is -3.66. The average molecular weight is 443 g/mol. The molecule has 1 amide bonds. The molecule has 3 aromatic carbocycles. The number of nitriles is 1. The molecule has 0 unspecified atom stereocenters. The number of methoxy groups -OCH3 is 1. The molecule has 0 atom stereocenters. The number of nitrogens with one attached hydrogen (secondary N) is 1. The second-order valence-electron chi connectivity index (χ2n) is 8.29. The predicted octanol–water partition coefficient (Wildman–Crippen LogP) is 4.48. The molecule has 6 heteroatoms. The number of nitrogens with zero attached hydrogens (tertiary/aromatic N) is 3. The number of benzene rings is 3. The van der Waals surface area contributed by atoms with Crippen LogP contribution in [0.15, 0.2) is 66.7 Å². The van der Waals surface area contributed by atoms with Crippen molar-refractivity contribution < 1.29 is 9.53 Å². The van der Waals surface area contributed by atoms with Crippen molar-refractivity contribution in [2.45, 2.75) is 6.54 Å². The van der Waals surface area contributed by atoms with Gasteiger partial charge in [0.05, 0.1) is 18.7 Å². The van der Waals surface area contributed by atoms with Crippen molar-refractivity contribution in [1.82, 2.24) is 9.80 Å². The molecule has 0 spiro atoms. The van der Waals surface area contributed by atoms with Gasteiger partial charge in [-0.15, -0.1) is 0 Å². The Morgan fingerprint density at radius 1 is 0.939 bits per heavy atom. The summed E-state index contributed by atoms with van der Waals surface area (Å²) in [6.45, 7) is 2.76. The number of likely N-dealkylation sites (N-methyl/N-ethyl adjacent to an activating group) is 2. The molecular weight excluding hydrogens is 412 g/mol. The molecule has 0 aliphatic heterocycles. The molecule has 0 fully saturated rings. The first-order valence-corrected chi connectivity index (χ1v) is 10.8. The highest BCUT2D eigenvalue weighted by atomic mass is 16.5. The van der Waals surface area contributed by atoms with Gasteiger partial charge in [-0.05, 0) is 80.8 Å². The van der Waals surface area contributed by atoms with Crippen LogP contribution in [0.5, 0.6) is 5.75 Å². The number of hydrogen-bond acceptors (Lipinski definition) is 5. The molecule has 0 aromatic heterocycles. The zero-order chi connectivity index (χ0) is 23.8. The first-order valence-electron chi connectivity index (χ1n) is 10.8. The number of rotatable bonds is 9. The van der Waals surface area contributed by atoms with Crippen molar-refractivity contribution in [2.24, 2.45) is 0 Å². The lowest BCUT2D eigenvalue weighted by Gasteiger charge is -2.21. The Balaban J connectivity index is 1.71. The van der Waals surface area contributed by atoms with Crippen LogP contribution >= 0.6 is 0 Å². The molecule has 0 heterocycles. The van der Waals surface area contributed by atoms with Crippen LogP contribution in [0.25, 0.3) is 11.1 Å². The fourth-order valence-corrected chi connectivity index (χ4v) is 3.47. The number of hydrogen-bond donors (Lipinski definition) is 1. The van der Waals surface area contributed by atoms with Crippen molar-refractivity contribution in [1.29, 1.82) is 5.26 Å². The minimum absolute atomic E-state index is 0.209. The third kappa shape index (κ3) is 6.66. The number of ether oxygens (including phenoxy) is 1. The third-order valence-corrected chi connectivity index (χ3v) is 5.40. The summed E-state index contributed by atoms with van der Waals surface area (Å²) in [5.41, 5.74) is 5.04. The normalized spacial score (nSPS) is 10.8. The number of anilines is 1. The Kier molecular flexibility index (Phi) is 8.20. The van der Waals surface area contributed by atoms with Crippen molar-refractivity contribution in [3.63, 3.8) is 0 Å². The van der Waals surface area contributed by atoms with Crippen molar-refractivity contribution in [2.75, 3.05) is 46.7 Å². The third-order valence-electron chi connectivity index (χ3n) is 5.40. The Labute approximate surface area is 196 Å². The van der Waals surface area contributed by atoms with Gasteiger partial charge in [-0.2, -0.15) is 5.26 Å². The van der Waals surface area contributed by atoms with Gasteiger partial charge >= 0.3 is 0 Å². The molecule has 0 aliphatic rings. The smallest absolute Gasteiger partial charge is 0.255 e. The van der Waals surface area contributed by atoms with E-state index in [1.54, 1.807) is 31.4 Å². The van der Waals surface area contributed by atoms with E-state index in [9.17, 15) is 4.79 Å². The maximum Gasteiger partial charge on any atom is 0.255 e. The standard InChI is InChI=1S/C27H30N4O2/c1-30(2)15-16-31(3)19-24-17-23(11-14-26(24)33-4)21-9-12-25(13-10-21)29-27(32)22-7-5-20(18-28)6-8-22/h5-14,17H,15-16,19H2,1-4H3,(H,29,32). The summed E-state index contributed by atoms with van der Waals surface area (Å²) in [6.07, 6.45) is 0. The second-order valence-corrected chi connectivity index (χ2v) is 8.29. The van der Waals surface area contributed by atoms with Crippen LogP contribution in [0, 0.1) is 11.3 Å². The van der Waals surface area contributed by atoms with Gasteiger partial charge in [0.1, 0.15) is 5.75 Å². The van der Waals surface area contributed by atoms with E-state index >= 15 is 0 Å². The molecule has 33 heavy (non-hydrogen) atoms. The molecule has 3 rings (SSSR count). The predicted molar refractivity (Wildman–Crippen MR) is 132 cm³/mol. The van der Waals surface area contributed by atoms with E-state index in [0.717, 1.165) is 42.1 Å².